The van der Waals surface area contributed by atoms with Crippen molar-refractivity contribution in [2.24, 2.45) is 0 Å². The minimum atomic E-state index is -1.10. The molecule has 1 aromatic rings. The van der Waals surface area contributed by atoms with Crippen molar-refractivity contribution >= 4 is 29.3 Å². The molecular formula is C15H14ClFN2O. The zero-order valence-electron chi connectivity index (χ0n) is 10.9. The van der Waals surface area contributed by atoms with Crippen molar-refractivity contribution in [3.05, 3.63) is 46.0 Å². The highest BCUT2D eigenvalue weighted by Crippen LogP contribution is 2.38. The fourth-order valence-electron chi connectivity index (χ4n) is 2.66. The highest BCUT2D eigenvalue weighted by Gasteiger charge is 2.31. The van der Waals surface area contributed by atoms with Crippen LogP contribution in [0.2, 0.25) is 0 Å². The van der Waals surface area contributed by atoms with Crippen molar-refractivity contribution in [3.63, 3.8) is 0 Å². The van der Waals surface area contributed by atoms with Gasteiger partial charge in [0.1, 0.15) is 18.6 Å². The third kappa shape index (κ3) is 2.10. The molecule has 2 aliphatic rings. The molecule has 2 N–H and O–H groups in total. The first-order chi connectivity index (χ1) is 9.60. The lowest BCUT2D eigenvalue weighted by Crippen LogP contribution is -2.31. The number of alkyl halides is 1. The minimum Gasteiger partial charge on any atom is -0.360 e. The van der Waals surface area contributed by atoms with Crippen LogP contribution < -0.4 is 10.6 Å². The summed E-state index contributed by atoms with van der Waals surface area (Å²) >= 11 is 6.12. The lowest BCUT2D eigenvalue weighted by molar-refractivity contribution is 0.112. The molecule has 0 saturated heterocycles. The van der Waals surface area contributed by atoms with Crippen LogP contribution in [0.25, 0.3) is 0 Å². The molecule has 5 heteroatoms. The molecule has 104 valence electrons. The number of allylic oxidation sites excluding steroid dienone is 3. The van der Waals surface area contributed by atoms with Gasteiger partial charge in [-0.3, -0.25) is 4.79 Å². The average Bonchev–Trinajstić information content (AvgIpc) is 2.82. The Morgan fingerprint density at radius 3 is 2.90 bits per heavy atom. The minimum absolute atomic E-state index is 0.334. The van der Waals surface area contributed by atoms with E-state index in [0.717, 1.165) is 23.2 Å². The maximum atomic E-state index is 14.1. The zero-order valence-corrected chi connectivity index (χ0v) is 11.7. The van der Waals surface area contributed by atoms with E-state index in [4.69, 9.17) is 11.6 Å². The molecule has 0 bridgehead atoms. The van der Waals surface area contributed by atoms with E-state index in [1.165, 1.54) is 0 Å². The lowest BCUT2D eigenvalue weighted by Gasteiger charge is -2.23. The highest BCUT2D eigenvalue weighted by atomic mass is 35.5. The van der Waals surface area contributed by atoms with Gasteiger partial charge in [0.2, 0.25) is 0 Å². The van der Waals surface area contributed by atoms with Crippen LogP contribution in [0.5, 0.6) is 0 Å². The molecule has 1 aliphatic heterocycles. The van der Waals surface area contributed by atoms with Crippen molar-refractivity contribution in [1.82, 2.24) is 0 Å². The summed E-state index contributed by atoms with van der Waals surface area (Å²) in [5.41, 5.74) is 3.74. The topological polar surface area (TPSA) is 41.1 Å². The zero-order chi connectivity index (χ0) is 14.3. The normalized spacial score (nSPS) is 24.1. The fraction of sp³-hybridized carbons (Fsp3) is 0.267. The van der Waals surface area contributed by atoms with Gasteiger partial charge in [0.05, 0.1) is 11.4 Å². The van der Waals surface area contributed by atoms with E-state index in [1.54, 1.807) is 24.3 Å². The highest BCUT2D eigenvalue weighted by molar-refractivity contribution is 6.31. The molecule has 0 amide bonds. The number of carbonyl (C=O) groups is 1. The van der Waals surface area contributed by atoms with Crippen LogP contribution in [0, 0.1) is 6.92 Å². The fourth-order valence-corrected chi connectivity index (χ4v) is 2.98. The van der Waals surface area contributed by atoms with Gasteiger partial charge in [0, 0.05) is 22.6 Å². The summed E-state index contributed by atoms with van der Waals surface area (Å²) < 4.78 is 14.1. The number of nitrogens with one attached hydrogen (secondary N) is 2. The summed E-state index contributed by atoms with van der Waals surface area (Å²) in [7, 11) is 0. The first-order valence-corrected chi connectivity index (χ1v) is 6.81. The van der Waals surface area contributed by atoms with E-state index in [1.807, 2.05) is 6.92 Å². The Labute approximate surface area is 121 Å². The summed E-state index contributed by atoms with van der Waals surface area (Å²) in [6.45, 7) is 1.91. The van der Waals surface area contributed by atoms with E-state index < -0.39 is 6.17 Å². The summed E-state index contributed by atoms with van der Waals surface area (Å²) in [4.78, 5) is 10.9. The van der Waals surface area contributed by atoms with Gasteiger partial charge in [-0.2, -0.15) is 0 Å². The lowest BCUT2D eigenvalue weighted by atomic mass is 10.0. The van der Waals surface area contributed by atoms with Crippen LogP contribution in [-0.2, 0) is 0 Å². The number of aldehydes is 1. The quantitative estimate of drug-likeness (QED) is 0.816. The van der Waals surface area contributed by atoms with Crippen molar-refractivity contribution in [1.29, 1.82) is 0 Å². The monoisotopic (exact) mass is 292 g/mol. The molecular weight excluding hydrogens is 279 g/mol. The van der Waals surface area contributed by atoms with Crippen LogP contribution >= 0.6 is 11.6 Å². The maximum absolute atomic E-state index is 14.1. The summed E-state index contributed by atoms with van der Waals surface area (Å²) in [6.07, 6.45) is 3.11. The number of aryl methyl sites for hydroxylation is 1. The number of carbonyl (C=O) groups excluding carboxylic acids is 1. The standard InChI is InChI=1S/C15H14ClFN2O/c1-8-5-9(7-20)6-12-14(8)19-15(18-12)13-10(16)3-2-4-11(13)17/h2-3,5-7,11,15,18-19H,4H2,1H3. The predicted molar refractivity (Wildman–Crippen MR) is 79.1 cm³/mol. The first-order valence-electron chi connectivity index (χ1n) is 6.43. The SMILES string of the molecule is Cc1cc(C=O)cc2c1NC(C1=C(Cl)C=CCC1F)N2. The van der Waals surface area contributed by atoms with Gasteiger partial charge in [-0.15, -0.1) is 0 Å². The van der Waals surface area contributed by atoms with E-state index in [-0.39, 0.29) is 6.17 Å². The number of anilines is 2. The van der Waals surface area contributed by atoms with Gasteiger partial charge >= 0.3 is 0 Å². The Bertz CT molecular complexity index is 639. The molecule has 2 unspecified atom stereocenters. The summed E-state index contributed by atoms with van der Waals surface area (Å²) in [5, 5.41) is 6.86. The Hall–Kier alpha value is -1.81. The van der Waals surface area contributed by atoms with E-state index in [9.17, 15) is 9.18 Å². The van der Waals surface area contributed by atoms with Crippen molar-refractivity contribution in [2.45, 2.75) is 25.7 Å². The van der Waals surface area contributed by atoms with E-state index in [0.29, 0.717) is 22.6 Å². The number of hydrogen-bond acceptors (Lipinski definition) is 3. The largest absolute Gasteiger partial charge is 0.360 e. The van der Waals surface area contributed by atoms with Crippen LogP contribution in [0.1, 0.15) is 22.3 Å². The summed E-state index contributed by atoms with van der Waals surface area (Å²) in [5.74, 6) is 0. The number of halogens is 2. The van der Waals surface area contributed by atoms with Crippen molar-refractivity contribution in [2.75, 3.05) is 10.6 Å². The average molecular weight is 293 g/mol. The molecule has 3 nitrogen and oxygen atoms in total. The van der Waals surface area contributed by atoms with Crippen LogP contribution in [0.15, 0.2) is 34.9 Å². The Morgan fingerprint density at radius 2 is 2.20 bits per heavy atom. The molecule has 2 atom stereocenters. The van der Waals surface area contributed by atoms with Gasteiger partial charge in [-0.25, -0.2) is 4.39 Å². The Kier molecular flexibility index (Phi) is 3.26. The van der Waals surface area contributed by atoms with Gasteiger partial charge < -0.3 is 10.6 Å². The Balaban J connectivity index is 1.96. The maximum Gasteiger partial charge on any atom is 0.150 e. The smallest absolute Gasteiger partial charge is 0.150 e. The van der Waals surface area contributed by atoms with Gasteiger partial charge in [-0.1, -0.05) is 17.7 Å². The second-order valence-corrected chi connectivity index (χ2v) is 5.42. The van der Waals surface area contributed by atoms with Crippen molar-refractivity contribution in [3.8, 4) is 0 Å². The molecule has 20 heavy (non-hydrogen) atoms. The van der Waals surface area contributed by atoms with Crippen LogP contribution in [0.3, 0.4) is 0 Å². The predicted octanol–water partition coefficient (Wildman–Crippen LogP) is 3.76. The molecule has 1 aliphatic carbocycles. The van der Waals surface area contributed by atoms with Crippen molar-refractivity contribution < 1.29 is 9.18 Å². The second kappa shape index (κ2) is 4.94. The van der Waals surface area contributed by atoms with E-state index in [2.05, 4.69) is 10.6 Å². The summed E-state index contributed by atoms with van der Waals surface area (Å²) in [6, 6.07) is 3.55. The molecule has 0 fully saturated rings. The number of benzene rings is 1. The van der Waals surface area contributed by atoms with Gasteiger partial charge in [0.25, 0.3) is 0 Å². The number of fused-ring (bicyclic) bond motifs is 1. The number of rotatable bonds is 2. The number of hydrogen-bond donors (Lipinski definition) is 2. The molecule has 0 saturated carbocycles. The Morgan fingerprint density at radius 1 is 1.40 bits per heavy atom. The molecule has 1 heterocycles. The molecule has 0 aromatic heterocycles. The van der Waals surface area contributed by atoms with Crippen LogP contribution in [0.4, 0.5) is 15.8 Å². The van der Waals surface area contributed by atoms with E-state index >= 15 is 0 Å². The molecule has 1 aromatic carbocycles. The molecule has 0 spiro atoms. The van der Waals surface area contributed by atoms with Gasteiger partial charge in [-0.05, 0) is 30.7 Å². The third-order valence-electron chi connectivity index (χ3n) is 3.61. The third-order valence-corrected chi connectivity index (χ3v) is 3.96. The van der Waals surface area contributed by atoms with Crippen LogP contribution in [-0.4, -0.2) is 18.6 Å². The molecule has 0 radical (unpaired) electrons. The second-order valence-electron chi connectivity index (χ2n) is 5.01. The first kappa shape index (κ1) is 13.2. The molecule has 3 rings (SSSR count). The van der Waals surface area contributed by atoms with Gasteiger partial charge in [0.15, 0.2) is 0 Å².